The molecule has 6 heteroatoms. The first-order valence-electron chi connectivity index (χ1n) is 11.3. The molecule has 2 fully saturated rings. The SMILES string of the molecule is O=C(N[C@]1(c2ccccc2)CCN(C(=O)C2CCC2)C[C@H]1O)c1cc2ccccc2cn1. The predicted octanol–water partition coefficient (Wildman–Crippen LogP) is 3.25. The summed E-state index contributed by atoms with van der Waals surface area (Å²) in [5, 5.41) is 16.3. The van der Waals surface area contributed by atoms with Crippen LogP contribution < -0.4 is 5.32 Å². The Labute approximate surface area is 187 Å². The van der Waals surface area contributed by atoms with Crippen molar-refractivity contribution in [2.75, 3.05) is 13.1 Å². The van der Waals surface area contributed by atoms with E-state index < -0.39 is 11.6 Å². The van der Waals surface area contributed by atoms with Crippen LogP contribution in [0.15, 0.2) is 66.9 Å². The summed E-state index contributed by atoms with van der Waals surface area (Å²) in [5.74, 6) is -0.125. The number of aliphatic hydroxyl groups excluding tert-OH is 1. The zero-order valence-electron chi connectivity index (χ0n) is 17.9. The van der Waals surface area contributed by atoms with Gasteiger partial charge in [0.2, 0.25) is 5.91 Å². The average Bonchev–Trinajstić information content (AvgIpc) is 2.79. The highest BCUT2D eigenvalue weighted by molar-refractivity contribution is 5.96. The number of carbonyl (C=O) groups is 2. The minimum absolute atomic E-state index is 0.0859. The van der Waals surface area contributed by atoms with Crippen LogP contribution in [0.2, 0.25) is 0 Å². The molecule has 0 spiro atoms. The topological polar surface area (TPSA) is 82.5 Å². The second kappa shape index (κ2) is 8.36. The molecule has 6 nitrogen and oxygen atoms in total. The Hall–Kier alpha value is -3.25. The van der Waals surface area contributed by atoms with E-state index in [0.717, 1.165) is 35.6 Å². The van der Waals surface area contributed by atoms with Crippen molar-refractivity contribution >= 4 is 22.6 Å². The molecule has 2 heterocycles. The largest absolute Gasteiger partial charge is 0.388 e. The van der Waals surface area contributed by atoms with Crippen molar-refractivity contribution in [3.05, 3.63) is 78.1 Å². The Kier molecular flexibility index (Phi) is 5.39. The molecular formula is C26H27N3O3. The molecule has 2 N–H and O–H groups in total. The second-order valence-electron chi connectivity index (χ2n) is 8.89. The monoisotopic (exact) mass is 429 g/mol. The molecule has 2 amide bonds. The summed E-state index contributed by atoms with van der Waals surface area (Å²) in [6.07, 6.45) is 4.16. The molecule has 2 aliphatic rings. The van der Waals surface area contributed by atoms with E-state index in [9.17, 15) is 14.7 Å². The van der Waals surface area contributed by atoms with E-state index in [0.29, 0.717) is 18.7 Å². The first-order valence-corrected chi connectivity index (χ1v) is 11.3. The first kappa shape index (κ1) is 20.6. The van der Waals surface area contributed by atoms with Crippen LogP contribution in [0.3, 0.4) is 0 Å². The maximum absolute atomic E-state index is 13.3. The van der Waals surface area contributed by atoms with Gasteiger partial charge in [-0.05, 0) is 36.3 Å². The normalized spacial score (nSPS) is 23.5. The Bertz CT molecular complexity index is 1150. The quantitative estimate of drug-likeness (QED) is 0.667. The standard InChI is InChI=1S/C26H27N3O3/c30-23-17-29(25(32)18-9-6-10-18)14-13-26(23,21-11-2-1-3-12-21)28-24(31)22-15-19-7-4-5-8-20(19)16-27-22/h1-5,7-8,11-12,15-16,18,23,30H,6,9-10,13-14,17H2,(H,28,31)/t23-,26+/m1/s1. The van der Waals surface area contributed by atoms with Gasteiger partial charge in [0.25, 0.3) is 5.91 Å². The number of likely N-dealkylation sites (tertiary alicyclic amines) is 1. The number of amides is 2. The highest BCUT2D eigenvalue weighted by Gasteiger charge is 2.47. The molecular weight excluding hydrogens is 402 g/mol. The number of benzene rings is 2. The van der Waals surface area contributed by atoms with E-state index in [4.69, 9.17) is 0 Å². The van der Waals surface area contributed by atoms with E-state index in [2.05, 4.69) is 10.3 Å². The van der Waals surface area contributed by atoms with Gasteiger partial charge >= 0.3 is 0 Å². The van der Waals surface area contributed by atoms with Crippen LogP contribution in [-0.2, 0) is 10.3 Å². The van der Waals surface area contributed by atoms with Crippen molar-refractivity contribution in [2.24, 2.45) is 5.92 Å². The molecule has 3 aromatic rings. The Morgan fingerprint density at radius 1 is 1.03 bits per heavy atom. The molecule has 1 aliphatic heterocycles. The van der Waals surface area contributed by atoms with Crippen molar-refractivity contribution in [1.29, 1.82) is 0 Å². The van der Waals surface area contributed by atoms with Gasteiger partial charge < -0.3 is 15.3 Å². The number of nitrogens with zero attached hydrogens (tertiary/aromatic N) is 2. The van der Waals surface area contributed by atoms with Crippen LogP contribution >= 0.6 is 0 Å². The number of aromatic nitrogens is 1. The Morgan fingerprint density at radius 2 is 1.75 bits per heavy atom. The molecule has 1 saturated heterocycles. The minimum Gasteiger partial charge on any atom is -0.388 e. The zero-order chi connectivity index (χ0) is 22.1. The summed E-state index contributed by atoms with van der Waals surface area (Å²) in [4.78, 5) is 32.2. The first-order chi connectivity index (χ1) is 15.6. The Balaban J connectivity index is 1.43. The Morgan fingerprint density at radius 3 is 2.44 bits per heavy atom. The van der Waals surface area contributed by atoms with E-state index in [-0.39, 0.29) is 24.3 Å². The third kappa shape index (κ3) is 3.65. The van der Waals surface area contributed by atoms with Crippen molar-refractivity contribution in [3.8, 4) is 0 Å². The van der Waals surface area contributed by atoms with Gasteiger partial charge in [0.1, 0.15) is 5.69 Å². The lowest BCUT2D eigenvalue weighted by molar-refractivity contribution is -0.144. The molecule has 1 aliphatic carbocycles. The number of carbonyl (C=O) groups excluding carboxylic acids is 2. The van der Waals surface area contributed by atoms with E-state index in [1.165, 1.54) is 0 Å². The van der Waals surface area contributed by atoms with Gasteiger partial charge in [-0.25, -0.2) is 0 Å². The number of nitrogens with one attached hydrogen (secondary N) is 1. The van der Waals surface area contributed by atoms with Gasteiger partial charge in [-0.15, -0.1) is 0 Å². The van der Waals surface area contributed by atoms with Crippen LogP contribution in [0.5, 0.6) is 0 Å². The molecule has 1 aromatic heterocycles. The van der Waals surface area contributed by atoms with E-state index in [1.807, 2.05) is 54.6 Å². The van der Waals surface area contributed by atoms with Crippen molar-refractivity contribution in [2.45, 2.75) is 37.3 Å². The predicted molar refractivity (Wildman–Crippen MR) is 122 cm³/mol. The maximum atomic E-state index is 13.3. The van der Waals surface area contributed by atoms with Crippen LogP contribution in [0.1, 0.15) is 41.7 Å². The van der Waals surface area contributed by atoms with Gasteiger partial charge in [0.15, 0.2) is 0 Å². The summed E-state index contributed by atoms with van der Waals surface area (Å²) in [5.41, 5.74) is 0.152. The fraction of sp³-hybridized carbons (Fsp3) is 0.346. The number of hydrogen-bond donors (Lipinski definition) is 2. The summed E-state index contributed by atoms with van der Waals surface area (Å²) >= 11 is 0. The molecule has 32 heavy (non-hydrogen) atoms. The molecule has 0 bridgehead atoms. The van der Waals surface area contributed by atoms with Crippen LogP contribution in [0.4, 0.5) is 0 Å². The fourth-order valence-corrected chi connectivity index (χ4v) is 4.81. The van der Waals surface area contributed by atoms with E-state index in [1.54, 1.807) is 17.2 Å². The zero-order valence-corrected chi connectivity index (χ0v) is 17.9. The van der Waals surface area contributed by atoms with Crippen molar-refractivity contribution in [1.82, 2.24) is 15.2 Å². The number of β-amino-alcohol motifs (C(OH)–C–C–N with tert-alkyl or cyclic N) is 1. The van der Waals surface area contributed by atoms with Crippen molar-refractivity contribution in [3.63, 3.8) is 0 Å². The van der Waals surface area contributed by atoms with E-state index >= 15 is 0 Å². The maximum Gasteiger partial charge on any atom is 0.270 e. The number of rotatable bonds is 4. The number of hydrogen-bond acceptors (Lipinski definition) is 4. The molecule has 1 saturated carbocycles. The van der Waals surface area contributed by atoms with Gasteiger partial charge in [0, 0.05) is 30.6 Å². The third-order valence-corrected chi connectivity index (χ3v) is 6.99. The molecule has 0 unspecified atom stereocenters. The summed E-state index contributed by atoms with van der Waals surface area (Å²) < 4.78 is 0. The van der Waals surface area contributed by atoms with Gasteiger partial charge in [-0.1, -0.05) is 61.0 Å². The lowest BCUT2D eigenvalue weighted by atomic mass is 9.77. The number of fused-ring (bicyclic) bond motifs is 1. The number of pyridine rings is 1. The molecule has 5 rings (SSSR count). The number of piperidine rings is 1. The summed E-state index contributed by atoms with van der Waals surface area (Å²) in [6, 6.07) is 19.1. The lowest BCUT2D eigenvalue weighted by Gasteiger charge is -2.47. The van der Waals surface area contributed by atoms with Crippen LogP contribution in [0, 0.1) is 5.92 Å². The minimum atomic E-state index is -0.984. The van der Waals surface area contributed by atoms with Crippen LogP contribution in [-0.4, -0.2) is 46.0 Å². The van der Waals surface area contributed by atoms with Gasteiger partial charge in [-0.3, -0.25) is 14.6 Å². The van der Waals surface area contributed by atoms with Crippen LogP contribution in [0.25, 0.3) is 10.8 Å². The average molecular weight is 430 g/mol. The summed E-state index contributed by atoms with van der Waals surface area (Å²) in [6.45, 7) is 0.697. The van der Waals surface area contributed by atoms with Crippen molar-refractivity contribution < 1.29 is 14.7 Å². The molecule has 2 aromatic carbocycles. The summed E-state index contributed by atoms with van der Waals surface area (Å²) in [7, 11) is 0. The molecule has 2 atom stereocenters. The second-order valence-corrected chi connectivity index (χ2v) is 8.89. The number of aliphatic hydroxyl groups is 1. The highest BCUT2D eigenvalue weighted by atomic mass is 16.3. The smallest absolute Gasteiger partial charge is 0.270 e. The lowest BCUT2D eigenvalue weighted by Crippen LogP contribution is -2.63. The highest BCUT2D eigenvalue weighted by Crippen LogP contribution is 2.36. The van der Waals surface area contributed by atoms with Gasteiger partial charge in [-0.2, -0.15) is 0 Å². The third-order valence-electron chi connectivity index (χ3n) is 6.99. The molecule has 164 valence electrons. The molecule has 0 radical (unpaired) electrons. The van der Waals surface area contributed by atoms with Gasteiger partial charge in [0.05, 0.1) is 11.6 Å². The fourth-order valence-electron chi connectivity index (χ4n) is 4.81.